The van der Waals surface area contributed by atoms with E-state index < -0.39 is 21.8 Å². The van der Waals surface area contributed by atoms with Gasteiger partial charge in [-0.2, -0.15) is 13.2 Å². The van der Waals surface area contributed by atoms with E-state index >= 15 is 0 Å². The smallest absolute Gasteiger partial charge is 0.266 e. The van der Waals surface area contributed by atoms with Crippen molar-refractivity contribution in [1.82, 2.24) is 0 Å². The van der Waals surface area contributed by atoms with Crippen molar-refractivity contribution >= 4 is 31.6 Å². The van der Waals surface area contributed by atoms with Crippen LogP contribution in [0, 0.1) is 0 Å². The van der Waals surface area contributed by atoms with Crippen molar-refractivity contribution in [1.29, 1.82) is 0 Å². The fourth-order valence-corrected chi connectivity index (χ4v) is 4.67. The Morgan fingerprint density at radius 2 is 1.71 bits per heavy atom. The zero-order valence-electron chi connectivity index (χ0n) is 12.3. The Hall–Kier alpha value is -1.54. The van der Waals surface area contributed by atoms with Gasteiger partial charge in [0.25, 0.3) is 10.0 Å². The number of hydrogen-bond donors (Lipinski definition) is 0. The third kappa shape index (κ3) is 3.17. The molecule has 0 radical (unpaired) electrons. The monoisotopic (exact) mass is 419 g/mol. The maximum Gasteiger partial charge on any atom is 0.416 e. The Morgan fingerprint density at radius 1 is 1.04 bits per heavy atom. The van der Waals surface area contributed by atoms with Crippen LogP contribution in [0.1, 0.15) is 17.5 Å². The average molecular weight is 420 g/mol. The Morgan fingerprint density at radius 3 is 2.33 bits per heavy atom. The summed E-state index contributed by atoms with van der Waals surface area (Å²) in [5, 5.41) is 0. The fourth-order valence-electron chi connectivity index (χ4n) is 2.72. The van der Waals surface area contributed by atoms with Gasteiger partial charge in [-0.1, -0.05) is 15.9 Å². The summed E-state index contributed by atoms with van der Waals surface area (Å²) in [6.45, 7) is 0.304. The van der Waals surface area contributed by atoms with Crippen LogP contribution < -0.4 is 4.31 Å². The van der Waals surface area contributed by atoms with Crippen LogP contribution in [0.4, 0.5) is 18.9 Å². The van der Waals surface area contributed by atoms with Crippen molar-refractivity contribution in [2.75, 3.05) is 10.8 Å². The van der Waals surface area contributed by atoms with Gasteiger partial charge in [-0.15, -0.1) is 0 Å². The molecule has 0 aromatic heterocycles. The molecule has 0 atom stereocenters. The van der Waals surface area contributed by atoms with E-state index in [4.69, 9.17) is 0 Å². The quantitative estimate of drug-likeness (QED) is 0.712. The lowest BCUT2D eigenvalue weighted by Gasteiger charge is -2.30. The third-order valence-corrected chi connectivity index (χ3v) is 6.21. The predicted molar refractivity (Wildman–Crippen MR) is 88.4 cm³/mol. The van der Waals surface area contributed by atoms with Gasteiger partial charge in [0, 0.05) is 11.0 Å². The molecule has 128 valence electrons. The zero-order valence-corrected chi connectivity index (χ0v) is 14.7. The van der Waals surface area contributed by atoms with E-state index in [1.165, 1.54) is 4.31 Å². The molecule has 2 aromatic rings. The van der Waals surface area contributed by atoms with Gasteiger partial charge in [-0.3, -0.25) is 4.31 Å². The van der Waals surface area contributed by atoms with E-state index in [-0.39, 0.29) is 4.90 Å². The highest BCUT2D eigenvalue weighted by atomic mass is 79.9. The van der Waals surface area contributed by atoms with Crippen LogP contribution in [-0.2, 0) is 22.6 Å². The Balaban J connectivity index is 2.00. The molecule has 0 saturated carbocycles. The largest absolute Gasteiger partial charge is 0.416 e. The molecule has 1 aliphatic rings. The van der Waals surface area contributed by atoms with Crippen molar-refractivity contribution in [2.45, 2.75) is 23.9 Å². The molecule has 1 aliphatic heterocycles. The molecule has 8 heteroatoms. The van der Waals surface area contributed by atoms with E-state index in [1.54, 1.807) is 12.1 Å². The van der Waals surface area contributed by atoms with Crippen molar-refractivity contribution < 1.29 is 21.6 Å². The van der Waals surface area contributed by atoms with Gasteiger partial charge in [0.2, 0.25) is 0 Å². The number of halogens is 4. The van der Waals surface area contributed by atoms with E-state index in [2.05, 4.69) is 15.9 Å². The summed E-state index contributed by atoms with van der Waals surface area (Å²) in [4.78, 5) is -0.147. The molecular formula is C16H13BrF3NO2S. The normalized spacial score (nSPS) is 15.2. The molecule has 0 amide bonds. The number of aryl methyl sites for hydroxylation is 1. The Bertz CT molecular complexity index is 864. The van der Waals surface area contributed by atoms with Gasteiger partial charge in [0.1, 0.15) is 0 Å². The molecule has 0 fully saturated rings. The molecule has 1 heterocycles. The second-order valence-electron chi connectivity index (χ2n) is 5.48. The minimum atomic E-state index is -4.49. The average Bonchev–Trinajstić information content (AvgIpc) is 2.53. The number of fused-ring (bicyclic) bond motifs is 1. The molecule has 0 spiro atoms. The van der Waals surface area contributed by atoms with Gasteiger partial charge >= 0.3 is 6.18 Å². The number of nitrogens with zero attached hydrogens (tertiary/aromatic N) is 1. The minimum Gasteiger partial charge on any atom is -0.266 e. The molecule has 0 unspecified atom stereocenters. The van der Waals surface area contributed by atoms with Gasteiger partial charge < -0.3 is 0 Å². The highest BCUT2D eigenvalue weighted by molar-refractivity contribution is 9.10. The van der Waals surface area contributed by atoms with Crippen molar-refractivity contribution in [3.05, 3.63) is 58.1 Å². The lowest BCUT2D eigenvalue weighted by Crippen LogP contribution is -2.35. The molecule has 0 bridgehead atoms. The molecule has 3 rings (SSSR count). The van der Waals surface area contributed by atoms with Crippen LogP contribution >= 0.6 is 15.9 Å². The standard InChI is InChI=1S/C16H13BrF3NO2S/c17-13-5-8-15-11(10-13)2-1-9-21(15)24(22,23)14-6-3-12(4-7-14)16(18,19)20/h3-8,10H,1-2,9H2. The number of benzene rings is 2. The first-order valence-electron chi connectivity index (χ1n) is 7.18. The van der Waals surface area contributed by atoms with E-state index in [0.29, 0.717) is 18.7 Å². The van der Waals surface area contributed by atoms with Crippen LogP contribution in [0.25, 0.3) is 0 Å². The number of anilines is 1. The van der Waals surface area contributed by atoms with Crippen molar-refractivity contribution in [3.8, 4) is 0 Å². The SMILES string of the molecule is O=S(=O)(c1ccc(C(F)(F)F)cc1)N1CCCc2cc(Br)ccc21. The van der Waals surface area contributed by atoms with Crippen molar-refractivity contribution in [3.63, 3.8) is 0 Å². The zero-order chi connectivity index (χ0) is 17.5. The highest BCUT2D eigenvalue weighted by Gasteiger charge is 2.32. The lowest BCUT2D eigenvalue weighted by atomic mass is 10.0. The first-order chi connectivity index (χ1) is 11.2. The van der Waals surface area contributed by atoms with Crippen LogP contribution in [0.3, 0.4) is 0 Å². The second-order valence-corrected chi connectivity index (χ2v) is 8.25. The molecule has 0 N–H and O–H groups in total. The summed E-state index contributed by atoms with van der Waals surface area (Å²) >= 11 is 3.36. The third-order valence-electron chi connectivity index (χ3n) is 3.89. The van der Waals surface area contributed by atoms with Gasteiger partial charge in [-0.25, -0.2) is 8.42 Å². The highest BCUT2D eigenvalue weighted by Crippen LogP contribution is 2.35. The predicted octanol–water partition coefficient (Wildman–Crippen LogP) is 4.61. The van der Waals surface area contributed by atoms with Crippen LogP contribution in [-0.4, -0.2) is 15.0 Å². The summed E-state index contributed by atoms with van der Waals surface area (Å²) in [6, 6.07) is 8.92. The summed E-state index contributed by atoms with van der Waals surface area (Å²) in [7, 11) is -3.90. The van der Waals surface area contributed by atoms with Gasteiger partial charge in [-0.05, 0) is 60.9 Å². The van der Waals surface area contributed by atoms with Crippen LogP contribution in [0.2, 0.25) is 0 Å². The molecule has 0 aliphatic carbocycles. The maximum absolute atomic E-state index is 12.8. The maximum atomic E-state index is 12.8. The van der Waals surface area contributed by atoms with E-state index in [1.807, 2.05) is 6.07 Å². The number of sulfonamides is 1. The molecular weight excluding hydrogens is 407 g/mol. The molecule has 2 aromatic carbocycles. The second kappa shape index (κ2) is 6.07. The minimum absolute atomic E-state index is 0.147. The topological polar surface area (TPSA) is 37.4 Å². The number of alkyl halides is 3. The van der Waals surface area contributed by atoms with Crippen LogP contribution in [0.5, 0.6) is 0 Å². The summed E-state index contributed by atoms with van der Waals surface area (Å²) in [5.41, 5.74) is 0.597. The lowest BCUT2D eigenvalue weighted by molar-refractivity contribution is -0.137. The van der Waals surface area contributed by atoms with Gasteiger partial charge in [0.15, 0.2) is 0 Å². The summed E-state index contributed by atoms with van der Waals surface area (Å²) in [6.07, 6.45) is -3.08. The van der Waals surface area contributed by atoms with E-state index in [0.717, 1.165) is 40.7 Å². The number of hydrogen-bond acceptors (Lipinski definition) is 2. The summed E-state index contributed by atoms with van der Waals surface area (Å²) in [5.74, 6) is 0. The number of rotatable bonds is 2. The van der Waals surface area contributed by atoms with Crippen LogP contribution in [0.15, 0.2) is 51.8 Å². The van der Waals surface area contributed by atoms with Crippen molar-refractivity contribution in [2.24, 2.45) is 0 Å². The fraction of sp³-hybridized carbons (Fsp3) is 0.250. The first kappa shape index (κ1) is 17.3. The molecule has 3 nitrogen and oxygen atoms in total. The summed E-state index contributed by atoms with van der Waals surface area (Å²) < 4.78 is 65.7. The van der Waals surface area contributed by atoms with E-state index in [9.17, 15) is 21.6 Å². The molecule has 0 saturated heterocycles. The Kier molecular flexibility index (Phi) is 4.37. The first-order valence-corrected chi connectivity index (χ1v) is 9.41. The Labute approximate surface area is 146 Å². The molecule has 24 heavy (non-hydrogen) atoms. The van der Waals surface area contributed by atoms with Gasteiger partial charge in [0.05, 0.1) is 16.1 Å².